The van der Waals surface area contributed by atoms with Crippen molar-refractivity contribution < 1.29 is 13.9 Å². The van der Waals surface area contributed by atoms with Gasteiger partial charge in [-0.2, -0.15) is 0 Å². The van der Waals surface area contributed by atoms with E-state index >= 15 is 0 Å². The maximum Gasteiger partial charge on any atom is 0.255 e. The molecule has 3 fully saturated rings. The van der Waals surface area contributed by atoms with Crippen molar-refractivity contribution in [2.45, 2.75) is 58.1 Å². The quantitative estimate of drug-likeness (QED) is 0.352. The Balaban J connectivity index is 1.09. The van der Waals surface area contributed by atoms with E-state index in [9.17, 15) is 9.18 Å². The monoisotopic (exact) mass is 539 g/mol. The molecule has 1 aliphatic heterocycles. The molecule has 0 spiro atoms. The first-order valence-electron chi connectivity index (χ1n) is 14.0. The van der Waals surface area contributed by atoms with Gasteiger partial charge in [-0.05, 0) is 81.1 Å². The van der Waals surface area contributed by atoms with E-state index in [0.29, 0.717) is 36.1 Å². The third kappa shape index (κ3) is 4.25. The van der Waals surface area contributed by atoms with Crippen LogP contribution in [0.25, 0.3) is 16.9 Å². The van der Waals surface area contributed by atoms with Crippen molar-refractivity contribution in [2.24, 2.45) is 17.1 Å². The molecule has 2 aliphatic carbocycles. The number of hydrogen-bond donors (Lipinski definition) is 1. The molecule has 0 unspecified atom stereocenters. The number of carbonyl (C=O) groups excluding carboxylic acids is 1. The van der Waals surface area contributed by atoms with Crippen LogP contribution < -0.4 is 10.5 Å². The number of carbonyl (C=O) groups is 1. The Labute approximate surface area is 233 Å². The van der Waals surface area contributed by atoms with Crippen molar-refractivity contribution in [2.75, 3.05) is 13.1 Å². The molecule has 40 heavy (non-hydrogen) atoms. The zero-order valence-electron chi connectivity index (χ0n) is 23.3. The number of pyridine rings is 2. The maximum atomic E-state index is 13.5. The summed E-state index contributed by atoms with van der Waals surface area (Å²) >= 11 is 0. The number of fused-ring (bicyclic) bond motifs is 2. The molecular weight excluding hydrogens is 505 g/mol. The second-order valence-corrected chi connectivity index (χ2v) is 12.7. The average Bonchev–Trinajstić information content (AvgIpc) is 3.74. The van der Waals surface area contributed by atoms with Crippen LogP contribution in [0.4, 0.5) is 4.39 Å². The predicted molar refractivity (Wildman–Crippen MR) is 151 cm³/mol. The molecule has 3 atom stereocenters. The van der Waals surface area contributed by atoms with E-state index in [0.717, 1.165) is 28.0 Å². The van der Waals surface area contributed by atoms with Crippen LogP contribution >= 0.6 is 0 Å². The van der Waals surface area contributed by atoms with Gasteiger partial charge >= 0.3 is 0 Å². The molecule has 7 nitrogen and oxygen atoms in total. The highest BCUT2D eigenvalue weighted by molar-refractivity contribution is 5.95. The minimum Gasteiger partial charge on any atom is -0.473 e. The van der Waals surface area contributed by atoms with Gasteiger partial charge < -0.3 is 19.8 Å². The number of nitrogens with zero attached hydrogens (tertiary/aromatic N) is 4. The molecular formula is C32H34FN5O2. The fourth-order valence-electron chi connectivity index (χ4n) is 6.21. The van der Waals surface area contributed by atoms with Gasteiger partial charge in [-0.15, -0.1) is 0 Å². The molecule has 2 N–H and O–H groups in total. The molecule has 3 aromatic heterocycles. The highest BCUT2D eigenvalue weighted by atomic mass is 19.1. The number of rotatable bonds is 6. The fourth-order valence-corrected chi connectivity index (χ4v) is 6.21. The SMILES string of the molecule is Cc1cc(C(=O)N2C[C@H]3[C@H](Oc4cc(C(C)(C)N)cc(-c5ccc(F)cc5)n4)[C@@]3(C)C2)cn2cc(C3CC3)nc12. The van der Waals surface area contributed by atoms with Crippen molar-refractivity contribution in [1.29, 1.82) is 0 Å². The standard InChI is InChI=1S/C32H34FN5O2/c1-18-11-21(14-37-16-26(20-5-6-20)36-29(18)37)30(39)38-15-24-28(32(24,4)17-38)40-27-13-22(31(2,3)34)12-25(35-27)19-7-9-23(33)10-8-19/h7-14,16,20,24,28H,5-6,15,17,34H2,1-4H3/t24-,28-,32-/m0/s1. The number of benzene rings is 1. The van der Waals surface area contributed by atoms with Gasteiger partial charge in [-0.1, -0.05) is 6.92 Å². The number of aromatic nitrogens is 3. The summed E-state index contributed by atoms with van der Waals surface area (Å²) in [6.07, 6.45) is 6.35. The Morgan fingerprint density at radius 3 is 2.52 bits per heavy atom. The average molecular weight is 540 g/mol. The van der Waals surface area contributed by atoms with Crippen molar-refractivity contribution in [3.63, 3.8) is 0 Å². The summed E-state index contributed by atoms with van der Waals surface area (Å²) in [5, 5.41) is 0. The first-order chi connectivity index (χ1) is 19.0. The summed E-state index contributed by atoms with van der Waals surface area (Å²) in [7, 11) is 0. The second kappa shape index (κ2) is 8.61. The van der Waals surface area contributed by atoms with E-state index in [-0.39, 0.29) is 29.2 Å². The smallest absolute Gasteiger partial charge is 0.255 e. The van der Waals surface area contributed by atoms with Crippen molar-refractivity contribution in [1.82, 2.24) is 19.3 Å². The summed E-state index contributed by atoms with van der Waals surface area (Å²) in [5.74, 6) is 1.04. The van der Waals surface area contributed by atoms with Gasteiger partial charge in [-0.3, -0.25) is 4.79 Å². The lowest BCUT2D eigenvalue weighted by Gasteiger charge is -2.24. The van der Waals surface area contributed by atoms with E-state index in [2.05, 4.69) is 13.1 Å². The first-order valence-corrected chi connectivity index (χ1v) is 14.0. The molecule has 1 aromatic carbocycles. The minimum atomic E-state index is -0.601. The van der Waals surface area contributed by atoms with Crippen LogP contribution in [0.1, 0.15) is 66.7 Å². The minimum absolute atomic E-state index is 0.0415. The molecule has 7 rings (SSSR count). The molecule has 1 saturated heterocycles. The zero-order valence-corrected chi connectivity index (χ0v) is 23.3. The van der Waals surface area contributed by atoms with E-state index < -0.39 is 5.54 Å². The Morgan fingerprint density at radius 1 is 1.12 bits per heavy atom. The maximum absolute atomic E-state index is 13.5. The number of halogens is 1. The van der Waals surface area contributed by atoms with Gasteiger partial charge in [0.1, 0.15) is 17.6 Å². The Hall–Kier alpha value is -3.78. The van der Waals surface area contributed by atoms with Crippen molar-refractivity contribution >= 4 is 11.6 Å². The highest BCUT2D eigenvalue weighted by Gasteiger charge is 2.69. The molecule has 0 bridgehead atoms. The number of piperidine rings is 1. The number of likely N-dealkylation sites (tertiary alicyclic amines) is 1. The summed E-state index contributed by atoms with van der Waals surface area (Å²) in [4.78, 5) is 25.0. The van der Waals surface area contributed by atoms with Crippen LogP contribution in [0.5, 0.6) is 5.88 Å². The molecule has 2 saturated carbocycles. The topological polar surface area (TPSA) is 85.8 Å². The fraction of sp³-hybridized carbons (Fsp3) is 0.406. The van der Waals surface area contributed by atoms with Crippen LogP contribution in [0, 0.1) is 24.1 Å². The number of imidazole rings is 1. The highest BCUT2D eigenvalue weighted by Crippen LogP contribution is 2.59. The molecule has 0 radical (unpaired) electrons. The summed E-state index contributed by atoms with van der Waals surface area (Å²) in [6, 6.07) is 12.1. The van der Waals surface area contributed by atoms with E-state index in [1.165, 1.54) is 25.0 Å². The lowest BCUT2D eigenvalue weighted by Crippen LogP contribution is -2.35. The third-order valence-corrected chi connectivity index (χ3v) is 8.92. The zero-order chi connectivity index (χ0) is 28.0. The second-order valence-electron chi connectivity index (χ2n) is 12.7. The largest absolute Gasteiger partial charge is 0.473 e. The van der Waals surface area contributed by atoms with Gasteiger partial charge in [-0.25, -0.2) is 14.4 Å². The van der Waals surface area contributed by atoms with Gasteiger partial charge in [0.15, 0.2) is 0 Å². The van der Waals surface area contributed by atoms with Gasteiger partial charge in [0.25, 0.3) is 5.91 Å². The Kier molecular flexibility index (Phi) is 5.42. The third-order valence-electron chi connectivity index (χ3n) is 8.92. The number of ether oxygens (including phenoxy) is 1. The van der Waals surface area contributed by atoms with Crippen LogP contribution in [0.2, 0.25) is 0 Å². The van der Waals surface area contributed by atoms with E-state index in [1.807, 2.05) is 54.5 Å². The van der Waals surface area contributed by atoms with E-state index in [4.69, 9.17) is 20.4 Å². The van der Waals surface area contributed by atoms with Gasteiger partial charge in [0, 0.05) is 59.9 Å². The Morgan fingerprint density at radius 2 is 1.88 bits per heavy atom. The summed E-state index contributed by atoms with van der Waals surface area (Å²) < 4.78 is 22.0. The van der Waals surface area contributed by atoms with Crippen LogP contribution in [0.3, 0.4) is 0 Å². The number of amides is 1. The summed E-state index contributed by atoms with van der Waals surface area (Å²) in [5.41, 5.74) is 11.8. The molecule has 1 amide bonds. The van der Waals surface area contributed by atoms with Crippen LogP contribution in [0.15, 0.2) is 54.9 Å². The molecule has 3 aliphatic rings. The molecule has 4 heterocycles. The summed E-state index contributed by atoms with van der Waals surface area (Å²) in [6.45, 7) is 9.34. The number of nitrogens with two attached hydrogens (primary N) is 1. The van der Waals surface area contributed by atoms with Crippen molar-refractivity contribution in [3.8, 4) is 17.1 Å². The molecule has 4 aromatic rings. The molecule has 8 heteroatoms. The van der Waals surface area contributed by atoms with Gasteiger partial charge in [0.05, 0.1) is 17.0 Å². The van der Waals surface area contributed by atoms with Crippen LogP contribution in [-0.2, 0) is 5.54 Å². The Bertz CT molecular complexity index is 1650. The number of hydrogen-bond acceptors (Lipinski definition) is 5. The molecule has 206 valence electrons. The lowest BCUT2D eigenvalue weighted by molar-refractivity contribution is 0.0731. The normalized spacial score (nSPS) is 23.9. The number of aryl methyl sites for hydroxylation is 1. The van der Waals surface area contributed by atoms with E-state index in [1.54, 1.807) is 12.1 Å². The predicted octanol–water partition coefficient (Wildman–Crippen LogP) is 5.45. The van der Waals surface area contributed by atoms with Crippen molar-refractivity contribution in [3.05, 3.63) is 83.1 Å². The van der Waals surface area contributed by atoms with Crippen LogP contribution in [-0.4, -0.2) is 44.4 Å². The van der Waals surface area contributed by atoms with Gasteiger partial charge in [0.2, 0.25) is 5.88 Å². The lowest BCUT2D eigenvalue weighted by atomic mass is 9.95. The first kappa shape index (κ1) is 25.2.